The topological polar surface area (TPSA) is 44.4 Å². The third-order valence-electron chi connectivity index (χ3n) is 3.38. The van der Waals surface area contributed by atoms with Crippen molar-refractivity contribution in [2.24, 2.45) is 0 Å². The molecule has 1 saturated heterocycles. The Labute approximate surface area is 108 Å². The Hall–Kier alpha value is -1.39. The number of aryl methyl sites for hydroxylation is 1. The third kappa shape index (κ3) is 3.55. The van der Waals surface area contributed by atoms with Crippen LogP contribution in [-0.4, -0.2) is 43.5 Å². The first-order chi connectivity index (χ1) is 8.67. The van der Waals surface area contributed by atoms with Gasteiger partial charge in [-0.05, 0) is 32.5 Å². The van der Waals surface area contributed by atoms with E-state index < -0.39 is 0 Å². The van der Waals surface area contributed by atoms with E-state index in [4.69, 9.17) is 0 Å². The first-order valence-corrected chi connectivity index (χ1v) is 6.43. The molecule has 0 aliphatic carbocycles. The molecule has 1 fully saturated rings. The lowest BCUT2D eigenvalue weighted by atomic mass is 10.2. The molecule has 4 nitrogen and oxygen atoms in total. The first kappa shape index (κ1) is 13.1. The molecule has 1 aromatic rings. The van der Waals surface area contributed by atoms with Crippen molar-refractivity contribution in [1.82, 2.24) is 10.2 Å². The van der Waals surface area contributed by atoms with Gasteiger partial charge in [0.2, 0.25) is 5.91 Å². The van der Waals surface area contributed by atoms with Gasteiger partial charge in [0.1, 0.15) is 0 Å². The number of carbonyl (C=O) groups is 1. The number of anilines is 1. The average molecular weight is 247 g/mol. The second kappa shape index (κ2) is 5.98. The summed E-state index contributed by atoms with van der Waals surface area (Å²) in [5.74, 6) is 0.0654. The van der Waals surface area contributed by atoms with Crippen molar-refractivity contribution >= 4 is 11.6 Å². The highest BCUT2D eigenvalue weighted by molar-refractivity contribution is 5.92. The van der Waals surface area contributed by atoms with Crippen LogP contribution in [0, 0.1) is 6.92 Å². The van der Waals surface area contributed by atoms with E-state index >= 15 is 0 Å². The van der Waals surface area contributed by atoms with E-state index in [1.165, 1.54) is 5.56 Å². The van der Waals surface area contributed by atoms with Crippen molar-refractivity contribution in [1.29, 1.82) is 0 Å². The molecule has 2 rings (SSSR count). The molecule has 1 aliphatic rings. The van der Waals surface area contributed by atoms with Gasteiger partial charge in [-0.15, -0.1) is 0 Å². The van der Waals surface area contributed by atoms with Gasteiger partial charge in [-0.3, -0.25) is 9.69 Å². The van der Waals surface area contributed by atoms with Crippen LogP contribution in [0.4, 0.5) is 5.69 Å². The Kier molecular flexibility index (Phi) is 4.33. The van der Waals surface area contributed by atoms with Gasteiger partial charge in [0.15, 0.2) is 0 Å². The van der Waals surface area contributed by atoms with Crippen LogP contribution < -0.4 is 10.6 Å². The van der Waals surface area contributed by atoms with Crippen molar-refractivity contribution in [3.8, 4) is 0 Å². The SMILES string of the molecule is CNC1CCN(CC(=O)Nc2ccc(C)cc2)C1. The van der Waals surface area contributed by atoms with E-state index in [-0.39, 0.29) is 5.91 Å². The molecule has 1 aliphatic heterocycles. The van der Waals surface area contributed by atoms with Crippen LogP contribution in [0.25, 0.3) is 0 Å². The van der Waals surface area contributed by atoms with Crippen molar-refractivity contribution < 1.29 is 4.79 Å². The van der Waals surface area contributed by atoms with Gasteiger partial charge in [0.25, 0.3) is 0 Å². The second-order valence-electron chi connectivity index (χ2n) is 4.92. The quantitative estimate of drug-likeness (QED) is 0.841. The standard InChI is InChI=1S/C14H21N3O/c1-11-3-5-12(6-4-11)16-14(18)10-17-8-7-13(9-17)15-2/h3-6,13,15H,7-10H2,1-2H3,(H,16,18). The van der Waals surface area contributed by atoms with Crippen LogP contribution in [0.1, 0.15) is 12.0 Å². The normalized spacial score (nSPS) is 20.0. The van der Waals surface area contributed by atoms with Gasteiger partial charge in [-0.25, -0.2) is 0 Å². The molecule has 98 valence electrons. The van der Waals surface area contributed by atoms with E-state index in [0.717, 1.165) is 25.2 Å². The van der Waals surface area contributed by atoms with Gasteiger partial charge < -0.3 is 10.6 Å². The number of hydrogen-bond donors (Lipinski definition) is 2. The van der Waals surface area contributed by atoms with E-state index in [1.807, 2.05) is 38.2 Å². The molecule has 1 unspecified atom stereocenters. The number of likely N-dealkylation sites (N-methyl/N-ethyl adjacent to an activating group) is 1. The Morgan fingerprint density at radius 2 is 2.11 bits per heavy atom. The van der Waals surface area contributed by atoms with E-state index in [9.17, 15) is 4.79 Å². The summed E-state index contributed by atoms with van der Waals surface area (Å²) >= 11 is 0. The highest BCUT2D eigenvalue weighted by atomic mass is 16.2. The summed E-state index contributed by atoms with van der Waals surface area (Å²) in [7, 11) is 1.97. The number of benzene rings is 1. The number of nitrogens with zero attached hydrogens (tertiary/aromatic N) is 1. The molecule has 1 atom stereocenters. The Bertz CT molecular complexity index is 402. The molecule has 2 N–H and O–H groups in total. The van der Waals surface area contributed by atoms with Gasteiger partial charge in [0.05, 0.1) is 6.54 Å². The van der Waals surface area contributed by atoms with Crippen molar-refractivity contribution in [2.45, 2.75) is 19.4 Å². The number of carbonyl (C=O) groups excluding carboxylic acids is 1. The fraction of sp³-hybridized carbons (Fsp3) is 0.500. The summed E-state index contributed by atoms with van der Waals surface area (Å²) in [5, 5.41) is 6.18. The highest BCUT2D eigenvalue weighted by Gasteiger charge is 2.22. The summed E-state index contributed by atoms with van der Waals surface area (Å²) in [6, 6.07) is 8.41. The zero-order chi connectivity index (χ0) is 13.0. The van der Waals surface area contributed by atoms with Crippen LogP contribution in [0.2, 0.25) is 0 Å². The fourth-order valence-corrected chi connectivity index (χ4v) is 2.25. The number of nitrogens with one attached hydrogen (secondary N) is 2. The maximum absolute atomic E-state index is 11.9. The van der Waals surface area contributed by atoms with Crippen molar-refractivity contribution in [3.05, 3.63) is 29.8 Å². The number of rotatable bonds is 4. The minimum atomic E-state index is 0.0654. The van der Waals surface area contributed by atoms with Crippen molar-refractivity contribution in [2.75, 3.05) is 32.0 Å². The lowest BCUT2D eigenvalue weighted by Crippen LogP contribution is -2.34. The predicted molar refractivity (Wildman–Crippen MR) is 73.7 cm³/mol. The fourth-order valence-electron chi connectivity index (χ4n) is 2.25. The number of likely N-dealkylation sites (tertiary alicyclic amines) is 1. The number of hydrogen-bond acceptors (Lipinski definition) is 3. The number of amides is 1. The van der Waals surface area contributed by atoms with Gasteiger partial charge >= 0.3 is 0 Å². The molecule has 1 aromatic carbocycles. The van der Waals surface area contributed by atoms with Crippen LogP contribution in [0.3, 0.4) is 0 Å². The summed E-state index contributed by atoms with van der Waals surface area (Å²) < 4.78 is 0. The molecule has 0 aromatic heterocycles. The van der Waals surface area contributed by atoms with Gasteiger partial charge in [0, 0.05) is 24.8 Å². The van der Waals surface area contributed by atoms with E-state index in [1.54, 1.807) is 0 Å². The predicted octanol–water partition coefficient (Wildman–Crippen LogP) is 1.23. The lowest BCUT2D eigenvalue weighted by molar-refractivity contribution is -0.117. The van der Waals surface area contributed by atoms with Gasteiger partial charge in [-0.2, -0.15) is 0 Å². The Balaban J connectivity index is 1.80. The maximum Gasteiger partial charge on any atom is 0.238 e. The van der Waals surface area contributed by atoms with Crippen LogP contribution in [0.15, 0.2) is 24.3 Å². The van der Waals surface area contributed by atoms with Crippen LogP contribution >= 0.6 is 0 Å². The molecule has 18 heavy (non-hydrogen) atoms. The van der Waals surface area contributed by atoms with Crippen molar-refractivity contribution in [3.63, 3.8) is 0 Å². The van der Waals surface area contributed by atoms with E-state index in [0.29, 0.717) is 12.6 Å². The van der Waals surface area contributed by atoms with Crippen LogP contribution in [-0.2, 0) is 4.79 Å². The summed E-state index contributed by atoms with van der Waals surface area (Å²) in [5.41, 5.74) is 2.07. The maximum atomic E-state index is 11.9. The largest absolute Gasteiger partial charge is 0.325 e. The molecular formula is C14H21N3O. The molecule has 1 heterocycles. The summed E-state index contributed by atoms with van der Waals surface area (Å²) in [4.78, 5) is 14.1. The Morgan fingerprint density at radius 3 is 2.72 bits per heavy atom. The molecule has 0 bridgehead atoms. The molecule has 4 heteroatoms. The highest BCUT2D eigenvalue weighted by Crippen LogP contribution is 2.10. The van der Waals surface area contributed by atoms with E-state index in [2.05, 4.69) is 15.5 Å². The average Bonchev–Trinajstić information content (AvgIpc) is 2.79. The first-order valence-electron chi connectivity index (χ1n) is 6.43. The summed E-state index contributed by atoms with van der Waals surface area (Å²) in [6.07, 6.45) is 1.12. The molecule has 0 saturated carbocycles. The second-order valence-corrected chi connectivity index (χ2v) is 4.92. The lowest BCUT2D eigenvalue weighted by Gasteiger charge is -2.15. The molecule has 0 radical (unpaired) electrons. The molecular weight excluding hydrogens is 226 g/mol. The third-order valence-corrected chi connectivity index (χ3v) is 3.38. The smallest absolute Gasteiger partial charge is 0.238 e. The minimum Gasteiger partial charge on any atom is -0.325 e. The Morgan fingerprint density at radius 1 is 1.39 bits per heavy atom. The molecule has 1 amide bonds. The van der Waals surface area contributed by atoms with Gasteiger partial charge in [-0.1, -0.05) is 17.7 Å². The molecule has 0 spiro atoms. The zero-order valence-corrected chi connectivity index (χ0v) is 11.1. The van der Waals surface area contributed by atoms with Crippen LogP contribution in [0.5, 0.6) is 0 Å². The zero-order valence-electron chi connectivity index (χ0n) is 11.1. The monoisotopic (exact) mass is 247 g/mol. The minimum absolute atomic E-state index is 0.0654. The summed E-state index contributed by atoms with van der Waals surface area (Å²) in [6.45, 7) is 4.46.